The van der Waals surface area contributed by atoms with Crippen LogP contribution in [0.5, 0.6) is 0 Å². The highest BCUT2D eigenvalue weighted by molar-refractivity contribution is 9.11. The molecule has 0 aliphatic carbocycles. The molecule has 0 bridgehead atoms. The molecule has 0 amide bonds. The van der Waals surface area contributed by atoms with Gasteiger partial charge in [0.25, 0.3) is 0 Å². The summed E-state index contributed by atoms with van der Waals surface area (Å²) in [6.45, 7) is 1.99. The first-order valence-electron chi connectivity index (χ1n) is 5.67. The molecular formula is C13H15Br2N3. The summed E-state index contributed by atoms with van der Waals surface area (Å²) in [5.41, 5.74) is 9.55. The van der Waals surface area contributed by atoms with E-state index in [9.17, 15) is 0 Å². The fourth-order valence-electron chi connectivity index (χ4n) is 1.99. The summed E-state index contributed by atoms with van der Waals surface area (Å²) in [5.74, 6) is 0. The summed E-state index contributed by atoms with van der Waals surface area (Å²) < 4.78 is 3.96. The molecule has 1 heterocycles. The number of aromatic nitrogens is 2. The van der Waals surface area contributed by atoms with Crippen LogP contribution in [0.2, 0.25) is 0 Å². The van der Waals surface area contributed by atoms with Gasteiger partial charge in [-0.15, -0.1) is 0 Å². The van der Waals surface area contributed by atoms with E-state index >= 15 is 0 Å². The molecule has 5 heteroatoms. The van der Waals surface area contributed by atoms with E-state index < -0.39 is 0 Å². The molecule has 96 valence electrons. The number of benzene rings is 1. The van der Waals surface area contributed by atoms with Crippen LogP contribution in [0.25, 0.3) is 0 Å². The predicted molar refractivity (Wildman–Crippen MR) is 80.4 cm³/mol. The van der Waals surface area contributed by atoms with Crippen molar-refractivity contribution in [1.82, 2.24) is 9.78 Å². The molecule has 18 heavy (non-hydrogen) atoms. The maximum Gasteiger partial charge on any atom is 0.0596 e. The fraction of sp³-hybridized carbons (Fsp3) is 0.308. The molecule has 0 aliphatic heterocycles. The summed E-state index contributed by atoms with van der Waals surface area (Å²) in [6, 6.07) is 8.11. The lowest BCUT2D eigenvalue weighted by molar-refractivity contribution is 0.638. The molecule has 0 aliphatic rings. The van der Waals surface area contributed by atoms with Crippen LogP contribution >= 0.6 is 31.9 Å². The van der Waals surface area contributed by atoms with E-state index in [-0.39, 0.29) is 6.04 Å². The Labute approximate surface area is 124 Å². The largest absolute Gasteiger partial charge is 0.324 e. The van der Waals surface area contributed by atoms with Crippen LogP contribution in [-0.2, 0) is 13.5 Å². The number of nitrogens with two attached hydrogens (primary N) is 1. The molecule has 3 nitrogen and oxygen atoms in total. The summed E-state index contributed by atoms with van der Waals surface area (Å²) in [6.07, 6.45) is 0.775. The molecule has 1 aromatic heterocycles. The van der Waals surface area contributed by atoms with Gasteiger partial charge in [0.2, 0.25) is 0 Å². The van der Waals surface area contributed by atoms with Crippen LogP contribution in [0, 0.1) is 6.92 Å². The van der Waals surface area contributed by atoms with Crippen molar-refractivity contribution in [2.24, 2.45) is 12.8 Å². The third-order valence-corrected chi connectivity index (χ3v) is 4.07. The van der Waals surface area contributed by atoms with Crippen molar-refractivity contribution in [3.8, 4) is 0 Å². The summed E-state index contributed by atoms with van der Waals surface area (Å²) in [4.78, 5) is 0. The lowest BCUT2D eigenvalue weighted by Gasteiger charge is -2.14. The van der Waals surface area contributed by atoms with Gasteiger partial charge >= 0.3 is 0 Å². The second-order valence-corrected chi connectivity index (χ2v) is 6.15. The number of rotatable bonds is 3. The minimum Gasteiger partial charge on any atom is -0.324 e. The highest BCUT2D eigenvalue weighted by atomic mass is 79.9. The SMILES string of the molecule is Cc1cc(CC(N)c2ccc(Br)cc2Br)n(C)n1. The second kappa shape index (κ2) is 5.55. The van der Waals surface area contributed by atoms with Crippen LogP contribution < -0.4 is 5.73 Å². The fourth-order valence-corrected chi connectivity index (χ4v) is 3.33. The zero-order chi connectivity index (χ0) is 13.3. The predicted octanol–water partition coefficient (Wildman–Crippen LogP) is 3.50. The van der Waals surface area contributed by atoms with E-state index in [1.54, 1.807) is 0 Å². The van der Waals surface area contributed by atoms with E-state index in [1.165, 1.54) is 0 Å². The molecule has 1 aromatic carbocycles. The first-order valence-corrected chi connectivity index (χ1v) is 7.26. The molecule has 0 radical (unpaired) electrons. The van der Waals surface area contributed by atoms with Crippen molar-refractivity contribution < 1.29 is 0 Å². The molecule has 0 fully saturated rings. The standard InChI is InChI=1S/C13H15Br2N3/c1-8-5-10(18(2)17-8)7-13(16)11-4-3-9(14)6-12(11)15/h3-6,13H,7,16H2,1-2H3. The molecule has 1 unspecified atom stereocenters. The molecule has 0 spiro atoms. The van der Waals surface area contributed by atoms with Gasteiger partial charge in [0.15, 0.2) is 0 Å². The van der Waals surface area contributed by atoms with Gasteiger partial charge in [-0.3, -0.25) is 4.68 Å². The van der Waals surface area contributed by atoms with Crippen LogP contribution in [0.15, 0.2) is 33.2 Å². The minimum atomic E-state index is -0.0396. The highest BCUT2D eigenvalue weighted by Crippen LogP contribution is 2.27. The Bertz CT molecular complexity index is 563. The van der Waals surface area contributed by atoms with Gasteiger partial charge in [0, 0.05) is 34.1 Å². The van der Waals surface area contributed by atoms with Gasteiger partial charge in [0.05, 0.1) is 5.69 Å². The van der Waals surface area contributed by atoms with Crippen molar-refractivity contribution in [3.05, 3.63) is 50.2 Å². The maximum absolute atomic E-state index is 6.27. The van der Waals surface area contributed by atoms with Crippen molar-refractivity contribution in [1.29, 1.82) is 0 Å². The zero-order valence-corrected chi connectivity index (χ0v) is 13.5. The lowest BCUT2D eigenvalue weighted by Crippen LogP contribution is -2.15. The van der Waals surface area contributed by atoms with Crippen LogP contribution in [0.3, 0.4) is 0 Å². The van der Waals surface area contributed by atoms with Crippen molar-refractivity contribution in [2.75, 3.05) is 0 Å². The van der Waals surface area contributed by atoms with Crippen LogP contribution in [0.4, 0.5) is 0 Å². The van der Waals surface area contributed by atoms with Gasteiger partial charge in [-0.2, -0.15) is 5.10 Å². The molecule has 0 saturated heterocycles. The number of nitrogens with zero attached hydrogens (tertiary/aromatic N) is 2. The summed E-state index contributed by atoms with van der Waals surface area (Å²) in [7, 11) is 1.95. The topological polar surface area (TPSA) is 43.8 Å². The normalized spacial score (nSPS) is 12.7. The Morgan fingerprint density at radius 2 is 2.06 bits per heavy atom. The molecular weight excluding hydrogens is 358 g/mol. The Balaban J connectivity index is 2.21. The Morgan fingerprint density at radius 1 is 1.33 bits per heavy atom. The lowest BCUT2D eigenvalue weighted by atomic mass is 10.0. The van der Waals surface area contributed by atoms with E-state index in [0.717, 1.165) is 32.3 Å². The van der Waals surface area contributed by atoms with Gasteiger partial charge in [-0.25, -0.2) is 0 Å². The molecule has 2 aromatic rings. The van der Waals surface area contributed by atoms with Crippen molar-refractivity contribution in [3.63, 3.8) is 0 Å². The molecule has 2 rings (SSSR count). The van der Waals surface area contributed by atoms with Crippen LogP contribution in [0.1, 0.15) is 23.0 Å². The Morgan fingerprint density at radius 3 is 2.61 bits per heavy atom. The highest BCUT2D eigenvalue weighted by Gasteiger charge is 2.13. The number of hydrogen-bond acceptors (Lipinski definition) is 2. The first-order chi connectivity index (χ1) is 8.47. The summed E-state index contributed by atoms with van der Waals surface area (Å²) >= 11 is 6.99. The molecule has 2 N–H and O–H groups in total. The third-order valence-electron chi connectivity index (χ3n) is 2.89. The van der Waals surface area contributed by atoms with Gasteiger partial charge in [-0.05, 0) is 30.7 Å². The van der Waals surface area contributed by atoms with E-state index in [2.05, 4.69) is 43.0 Å². The van der Waals surface area contributed by atoms with Crippen LogP contribution in [-0.4, -0.2) is 9.78 Å². The maximum atomic E-state index is 6.27. The Kier molecular flexibility index (Phi) is 4.25. The second-order valence-electron chi connectivity index (χ2n) is 4.38. The summed E-state index contributed by atoms with van der Waals surface area (Å²) in [5, 5.41) is 4.34. The molecule has 0 saturated carbocycles. The van der Waals surface area contributed by atoms with Gasteiger partial charge < -0.3 is 5.73 Å². The number of halogens is 2. The number of hydrogen-bond donors (Lipinski definition) is 1. The minimum absolute atomic E-state index is 0.0396. The quantitative estimate of drug-likeness (QED) is 0.895. The van der Waals surface area contributed by atoms with Crippen molar-refractivity contribution in [2.45, 2.75) is 19.4 Å². The first kappa shape index (κ1) is 13.8. The van der Waals surface area contributed by atoms with E-state index in [4.69, 9.17) is 5.73 Å². The number of aryl methyl sites for hydroxylation is 2. The van der Waals surface area contributed by atoms with E-state index in [1.807, 2.05) is 36.9 Å². The van der Waals surface area contributed by atoms with E-state index in [0.29, 0.717) is 0 Å². The smallest absolute Gasteiger partial charge is 0.0596 e. The molecule has 1 atom stereocenters. The third kappa shape index (κ3) is 3.02. The Hall–Kier alpha value is -0.650. The monoisotopic (exact) mass is 371 g/mol. The average molecular weight is 373 g/mol. The van der Waals surface area contributed by atoms with Gasteiger partial charge in [-0.1, -0.05) is 37.9 Å². The zero-order valence-electron chi connectivity index (χ0n) is 10.3. The van der Waals surface area contributed by atoms with Crippen molar-refractivity contribution >= 4 is 31.9 Å². The van der Waals surface area contributed by atoms with Gasteiger partial charge in [0.1, 0.15) is 0 Å². The average Bonchev–Trinajstić information content (AvgIpc) is 2.57.